The van der Waals surface area contributed by atoms with Gasteiger partial charge in [-0.3, -0.25) is 4.79 Å². The number of carbonyl (C=O) groups is 1. The lowest BCUT2D eigenvalue weighted by molar-refractivity contribution is -0.390. The second-order valence-electron chi connectivity index (χ2n) is 6.32. The maximum atomic E-state index is 12.6. The smallest absolute Gasteiger partial charge is 0.406 e. The summed E-state index contributed by atoms with van der Waals surface area (Å²) in [4.78, 5) is 28.3. The molecule has 0 saturated carbocycles. The van der Waals surface area contributed by atoms with Gasteiger partial charge in [0, 0.05) is 19.5 Å². The first-order valence-corrected chi connectivity index (χ1v) is 10.3. The first kappa shape index (κ1) is 20.1. The Balaban J connectivity index is 2.09. The summed E-state index contributed by atoms with van der Waals surface area (Å²) in [6, 6.07) is 2.60. The third-order valence-corrected chi connectivity index (χ3v) is 5.98. The van der Waals surface area contributed by atoms with Crippen LogP contribution in [0, 0.1) is 17.0 Å². The molecule has 2 heterocycles. The summed E-state index contributed by atoms with van der Waals surface area (Å²) in [6.45, 7) is 3.64. The molecule has 0 aliphatic carbocycles. The average molecular weight is 385 g/mol. The van der Waals surface area contributed by atoms with E-state index in [2.05, 4.69) is 4.98 Å². The fraction of sp³-hybridized carbons (Fsp3) is 0.625. The Bertz CT molecular complexity index is 780. The summed E-state index contributed by atoms with van der Waals surface area (Å²) in [5, 5.41) is 11.1. The summed E-state index contributed by atoms with van der Waals surface area (Å²) in [7, 11) is -3.12. The van der Waals surface area contributed by atoms with E-state index in [4.69, 9.17) is 4.74 Å². The fourth-order valence-corrected chi connectivity index (χ4v) is 4.59. The number of nitrogens with zero attached hydrogens (tertiary/aromatic N) is 3. The van der Waals surface area contributed by atoms with E-state index in [1.807, 2.05) is 6.92 Å². The van der Waals surface area contributed by atoms with Gasteiger partial charge in [-0.05, 0) is 34.9 Å². The van der Waals surface area contributed by atoms with Crippen LogP contribution in [0.3, 0.4) is 0 Å². The highest BCUT2D eigenvalue weighted by molar-refractivity contribution is 7.91. The lowest BCUT2D eigenvalue weighted by atomic mass is 10.2. The minimum atomic E-state index is -3.12. The molecule has 1 saturated heterocycles. The van der Waals surface area contributed by atoms with Crippen molar-refractivity contribution >= 4 is 21.6 Å². The molecule has 1 amide bonds. The number of aryl methyl sites for hydroxylation is 1. The maximum absolute atomic E-state index is 12.6. The van der Waals surface area contributed by atoms with E-state index in [0.29, 0.717) is 18.7 Å². The number of nitro groups is 1. The Kier molecular flexibility index (Phi) is 6.52. The van der Waals surface area contributed by atoms with E-state index in [-0.39, 0.29) is 29.2 Å². The van der Waals surface area contributed by atoms with Crippen molar-refractivity contribution < 1.29 is 22.9 Å². The Labute approximate surface area is 152 Å². The van der Waals surface area contributed by atoms with Crippen molar-refractivity contribution in [2.75, 3.05) is 24.7 Å². The van der Waals surface area contributed by atoms with Crippen molar-refractivity contribution in [1.29, 1.82) is 0 Å². The van der Waals surface area contributed by atoms with Crippen LogP contribution in [0.4, 0.5) is 5.82 Å². The van der Waals surface area contributed by atoms with E-state index in [0.717, 1.165) is 12.8 Å². The van der Waals surface area contributed by atoms with Gasteiger partial charge in [0.2, 0.25) is 5.75 Å². The van der Waals surface area contributed by atoms with Crippen LogP contribution in [0.15, 0.2) is 12.1 Å². The molecular formula is C16H23N3O6S. The van der Waals surface area contributed by atoms with Crippen LogP contribution >= 0.6 is 0 Å². The number of aromatic nitrogens is 1. The van der Waals surface area contributed by atoms with Crippen molar-refractivity contribution in [3.8, 4) is 5.75 Å². The minimum Gasteiger partial charge on any atom is -0.476 e. The monoisotopic (exact) mass is 385 g/mol. The van der Waals surface area contributed by atoms with Gasteiger partial charge >= 0.3 is 5.82 Å². The lowest BCUT2D eigenvalue weighted by Gasteiger charge is -2.28. The normalized spacial score (nSPS) is 18.5. The third-order valence-electron chi connectivity index (χ3n) is 4.22. The van der Waals surface area contributed by atoms with Crippen LogP contribution in [0.25, 0.3) is 0 Å². The Morgan fingerprint density at radius 1 is 1.46 bits per heavy atom. The van der Waals surface area contributed by atoms with Crippen LogP contribution < -0.4 is 4.74 Å². The second kappa shape index (κ2) is 8.43. The summed E-state index contributed by atoms with van der Waals surface area (Å²) in [5.74, 6) is -0.878. The number of hydrogen-bond donors (Lipinski definition) is 0. The molecular weight excluding hydrogens is 362 g/mol. The molecule has 2 rings (SSSR count). The first-order chi connectivity index (χ1) is 12.2. The van der Waals surface area contributed by atoms with E-state index in [1.54, 1.807) is 13.0 Å². The largest absolute Gasteiger partial charge is 0.476 e. The van der Waals surface area contributed by atoms with Gasteiger partial charge in [0.05, 0.1) is 11.5 Å². The number of ether oxygens (including phenoxy) is 1. The standard InChI is InChI=1S/C16H23N3O6S/c1-3-4-8-18(13-7-9-26(23,24)11-13)15(20)10-25-14-6-5-12(2)17-16(14)19(21)22/h5-6,13H,3-4,7-11H2,1-2H3/t13-/m1/s1. The number of rotatable bonds is 8. The van der Waals surface area contributed by atoms with Gasteiger partial charge in [-0.2, -0.15) is 0 Å². The zero-order valence-corrected chi connectivity index (χ0v) is 15.7. The highest BCUT2D eigenvalue weighted by atomic mass is 32.2. The third kappa shape index (κ3) is 5.13. The molecule has 0 spiro atoms. The first-order valence-electron chi connectivity index (χ1n) is 8.48. The molecule has 1 aromatic rings. The Morgan fingerprint density at radius 2 is 2.19 bits per heavy atom. The predicted octanol–water partition coefficient (Wildman–Crippen LogP) is 1.49. The van der Waals surface area contributed by atoms with Gasteiger partial charge in [-0.25, -0.2) is 8.42 Å². The molecule has 10 heteroatoms. The zero-order valence-electron chi connectivity index (χ0n) is 14.9. The van der Waals surface area contributed by atoms with Crippen molar-refractivity contribution in [2.24, 2.45) is 0 Å². The molecule has 9 nitrogen and oxygen atoms in total. The molecule has 0 bridgehead atoms. The quantitative estimate of drug-likeness (QED) is 0.491. The average Bonchev–Trinajstić information content (AvgIpc) is 2.93. The van der Waals surface area contributed by atoms with Crippen LogP contribution in [0.5, 0.6) is 5.75 Å². The zero-order chi connectivity index (χ0) is 19.3. The van der Waals surface area contributed by atoms with Gasteiger partial charge in [0.15, 0.2) is 16.4 Å². The highest BCUT2D eigenvalue weighted by Crippen LogP contribution is 2.25. The van der Waals surface area contributed by atoms with Crippen molar-refractivity contribution in [2.45, 2.75) is 39.2 Å². The lowest BCUT2D eigenvalue weighted by Crippen LogP contribution is -2.44. The van der Waals surface area contributed by atoms with Crippen molar-refractivity contribution in [3.05, 3.63) is 27.9 Å². The van der Waals surface area contributed by atoms with Gasteiger partial charge in [-0.1, -0.05) is 13.3 Å². The summed E-state index contributed by atoms with van der Waals surface area (Å²) >= 11 is 0. The van der Waals surface area contributed by atoms with Gasteiger partial charge in [0.25, 0.3) is 5.91 Å². The van der Waals surface area contributed by atoms with E-state index < -0.39 is 27.2 Å². The number of sulfone groups is 1. The predicted molar refractivity (Wildman–Crippen MR) is 94.8 cm³/mol. The van der Waals surface area contributed by atoms with Crippen LogP contribution in [0.1, 0.15) is 31.9 Å². The molecule has 1 fully saturated rings. The molecule has 1 aliphatic heterocycles. The number of pyridine rings is 1. The van der Waals surface area contributed by atoms with Gasteiger partial charge in [-0.15, -0.1) is 0 Å². The molecule has 0 unspecified atom stereocenters. The molecule has 26 heavy (non-hydrogen) atoms. The van der Waals surface area contributed by atoms with Crippen LogP contribution in [-0.4, -0.2) is 59.8 Å². The number of unbranched alkanes of at least 4 members (excludes halogenated alkanes) is 1. The highest BCUT2D eigenvalue weighted by Gasteiger charge is 2.34. The summed E-state index contributed by atoms with van der Waals surface area (Å²) in [5.41, 5.74) is 0.469. The molecule has 0 N–H and O–H groups in total. The van der Waals surface area contributed by atoms with Crippen molar-refractivity contribution in [3.63, 3.8) is 0 Å². The Morgan fingerprint density at radius 3 is 2.77 bits per heavy atom. The van der Waals surface area contributed by atoms with E-state index >= 15 is 0 Å². The molecule has 144 valence electrons. The summed E-state index contributed by atoms with van der Waals surface area (Å²) in [6.07, 6.45) is 2.01. The minimum absolute atomic E-state index is 0.0469. The van der Waals surface area contributed by atoms with Gasteiger partial charge < -0.3 is 19.8 Å². The van der Waals surface area contributed by atoms with Crippen LogP contribution in [-0.2, 0) is 14.6 Å². The topological polar surface area (TPSA) is 120 Å². The maximum Gasteiger partial charge on any atom is 0.406 e. The Hall–Kier alpha value is -2.23. The molecule has 0 radical (unpaired) electrons. The molecule has 1 atom stereocenters. The van der Waals surface area contributed by atoms with Crippen LogP contribution in [0.2, 0.25) is 0 Å². The van der Waals surface area contributed by atoms with E-state index in [9.17, 15) is 23.3 Å². The number of carbonyl (C=O) groups excluding carboxylic acids is 1. The summed E-state index contributed by atoms with van der Waals surface area (Å²) < 4.78 is 28.8. The molecule has 1 aromatic heterocycles. The fourth-order valence-electron chi connectivity index (χ4n) is 2.86. The number of amides is 1. The van der Waals surface area contributed by atoms with E-state index in [1.165, 1.54) is 11.0 Å². The molecule has 0 aromatic carbocycles. The number of hydrogen-bond acceptors (Lipinski definition) is 7. The SMILES string of the molecule is CCCCN(C(=O)COc1ccc(C)nc1[N+](=O)[O-])[C@@H]1CCS(=O)(=O)C1. The molecule has 1 aliphatic rings. The van der Waals surface area contributed by atoms with Gasteiger partial charge in [0.1, 0.15) is 5.69 Å². The van der Waals surface area contributed by atoms with Crippen molar-refractivity contribution in [1.82, 2.24) is 9.88 Å². The second-order valence-corrected chi connectivity index (χ2v) is 8.55.